The van der Waals surface area contributed by atoms with Gasteiger partial charge in [-0.3, -0.25) is 4.90 Å². The van der Waals surface area contributed by atoms with Gasteiger partial charge in [-0.2, -0.15) is 0 Å². The first-order valence-electron chi connectivity index (χ1n) is 9.85. The third-order valence-corrected chi connectivity index (χ3v) is 4.76. The Labute approximate surface area is 163 Å². The molecule has 1 saturated carbocycles. The molecular formula is C23H31NO3. The van der Waals surface area contributed by atoms with Gasteiger partial charge in [0.05, 0.1) is 6.61 Å². The fourth-order valence-corrected chi connectivity index (χ4v) is 3.10. The fraction of sp³-hybridized carbons (Fsp3) is 0.478. The van der Waals surface area contributed by atoms with Gasteiger partial charge in [0.1, 0.15) is 18.1 Å². The smallest absolute Gasteiger partial charge is 0.123 e. The summed E-state index contributed by atoms with van der Waals surface area (Å²) in [6.07, 6.45) is 15.1. The Morgan fingerprint density at radius 2 is 1.85 bits per heavy atom. The molecule has 2 aliphatic rings. The second-order valence-electron chi connectivity index (χ2n) is 7.25. The summed E-state index contributed by atoms with van der Waals surface area (Å²) in [5, 5.41) is 0. The van der Waals surface area contributed by atoms with Crippen molar-refractivity contribution in [1.29, 1.82) is 0 Å². The molecule has 0 saturated heterocycles. The lowest BCUT2D eigenvalue weighted by Crippen LogP contribution is -2.20. The van der Waals surface area contributed by atoms with Crippen LogP contribution in [0.25, 0.3) is 0 Å². The Morgan fingerprint density at radius 3 is 2.63 bits per heavy atom. The Bertz CT molecular complexity index is 689. The van der Waals surface area contributed by atoms with Gasteiger partial charge in [-0.25, -0.2) is 0 Å². The first kappa shape index (κ1) is 19.7. The van der Waals surface area contributed by atoms with E-state index in [4.69, 9.17) is 14.2 Å². The lowest BCUT2D eigenvalue weighted by atomic mass is 10.2. The fourth-order valence-electron chi connectivity index (χ4n) is 3.10. The molecule has 1 fully saturated rings. The van der Waals surface area contributed by atoms with Gasteiger partial charge in [-0.1, -0.05) is 30.4 Å². The van der Waals surface area contributed by atoms with Gasteiger partial charge in [0, 0.05) is 38.8 Å². The van der Waals surface area contributed by atoms with Gasteiger partial charge in [0.25, 0.3) is 0 Å². The average molecular weight is 370 g/mol. The summed E-state index contributed by atoms with van der Waals surface area (Å²) < 4.78 is 17.1. The Morgan fingerprint density at radius 1 is 1.04 bits per heavy atom. The number of hydrogen-bond donors (Lipinski definition) is 0. The average Bonchev–Trinajstić information content (AvgIpc) is 3.51. The van der Waals surface area contributed by atoms with Gasteiger partial charge >= 0.3 is 0 Å². The van der Waals surface area contributed by atoms with Crippen molar-refractivity contribution in [2.45, 2.75) is 38.3 Å². The van der Waals surface area contributed by atoms with Crippen molar-refractivity contribution in [2.75, 3.05) is 34.0 Å². The van der Waals surface area contributed by atoms with Crippen LogP contribution in [0.1, 0.15) is 31.2 Å². The number of hydrogen-bond acceptors (Lipinski definition) is 4. The predicted octanol–water partition coefficient (Wildman–Crippen LogP) is 4.52. The molecular weight excluding hydrogens is 338 g/mol. The predicted molar refractivity (Wildman–Crippen MR) is 109 cm³/mol. The van der Waals surface area contributed by atoms with E-state index in [0.29, 0.717) is 19.8 Å². The van der Waals surface area contributed by atoms with Crippen molar-refractivity contribution in [3.05, 3.63) is 59.7 Å². The maximum Gasteiger partial charge on any atom is 0.123 e. The van der Waals surface area contributed by atoms with Crippen molar-refractivity contribution < 1.29 is 14.2 Å². The molecule has 0 bridgehead atoms. The topological polar surface area (TPSA) is 30.9 Å². The highest BCUT2D eigenvalue weighted by molar-refractivity contribution is 5.39. The summed E-state index contributed by atoms with van der Waals surface area (Å²) in [5.41, 5.74) is 2.40. The van der Waals surface area contributed by atoms with E-state index in [1.54, 1.807) is 7.11 Å². The maximum absolute atomic E-state index is 6.09. The molecule has 4 heteroatoms. The molecule has 27 heavy (non-hydrogen) atoms. The van der Waals surface area contributed by atoms with E-state index in [2.05, 4.69) is 54.5 Å². The molecule has 0 heterocycles. The van der Waals surface area contributed by atoms with E-state index in [-0.39, 0.29) is 0 Å². The molecule has 146 valence electrons. The van der Waals surface area contributed by atoms with E-state index in [9.17, 15) is 0 Å². The Kier molecular flexibility index (Phi) is 7.55. The van der Waals surface area contributed by atoms with Crippen molar-refractivity contribution in [1.82, 2.24) is 4.90 Å². The minimum atomic E-state index is 0.561. The van der Waals surface area contributed by atoms with Crippen LogP contribution in [0.3, 0.4) is 0 Å². The number of rotatable bonds is 11. The van der Waals surface area contributed by atoms with Gasteiger partial charge in [0.15, 0.2) is 0 Å². The molecule has 0 aliphatic heterocycles. The number of benzene rings is 1. The molecule has 0 aromatic heterocycles. The minimum absolute atomic E-state index is 0.561. The van der Waals surface area contributed by atoms with Gasteiger partial charge in [-0.05, 0) is 49.6 Å². The first-order valence-corrected chi connectivity index (χ1v) is 9.85. The van der Waals surface area contributed by atoms with Crippen molar-refractivity contribution in [3.8, 4) is 11.5 Å². The lowest BCUT2D eigenvalue weighted by Gasteiger charge is -2.18. The van der Waals surface area contributed by atoms with Gasteiger partial charge in [0.2, 0.25) is 0 Å². The molecule has 0 unspecified atom stereocenters. The van der Waals surface area contributed by atoms with E-state index >= 15 is 0 Å². The van der Waals surface area contributed by atoms with Crippen LogP contribution in [0.5, 0.6) is 11.5 Å². The summed E-state index contributed by atoms with van der Waals surface area (Å²) in [6, 6.07) is 6.99. The molecule has 2 aliphatic carbocycles. The highest BCUT2D eigenvalue weighted by Gasteiger charge is 2.26. The summed E-state index contributed by atoms with van der Waals surface area (Å²) in [6.45, 7) is 2.84. The van der Waals surface area contributed by atoms with Crippen LogP contribution >= 0.6 is 0 Å². The maximum atomic E-state index is 6.09. The van der Waals surface area contributed by atoms with Crippen molar-refractivity contribution in [2.24, 2.45) is 0 Å². The quantitative estimate of drug-likeness (QED) is 0.537. The molecule has 4 nitrogen and oxygen atoms in total. The molecule has 0 atom stereocenters. The summed E-state index contributed by atoms with van der Waals surface area (Å²) >= 11 is 0. The second kappa shape index (κ2) is 10.3. The van der Waals surface area contributed by atoms with Crippen LogP contribution < -0.4 is 9.47 Å². The number of allylic oxidation sites excluding steroid dienone is 4. The first-order chi connectivity index (χ1) is 13.2. The number of ether oxygens (including phenoxy) is 3. The van der Waals surface area contributed by atoms with E-state index in [1.807, 2.05) is 6.07 Å². The van der Waals surface area contributed by atoms with Crippen LogP contribution in [0, 0.1) is 0 Å². The molecule has 0 spiro atoms. The van der Waals surface area contributed by atoms with E-state index < -0.39 is 0 Å². The summed E-state index contributed by atoms with van der Waals surface area (Å²) in [7, 11) is 3.91. The highest BCUT2D eigenvalue weighted by Crippen LogP contribution is 2.29. The summed E-state index contributed by atoms with van der Waals surface area (Å²) in [4.78, 5) is 2.41. The summed E-state index contributed by atoms with van der Waals surface area (Å²) in [5.74, 6) is 1.73. The minimum Gasteiger partial charge on any atom is -0.493 e. The Balaban J connectivity index is 1.65. The molecule has 0 amide bonds. The number of nitrogens with zero attached hydrogens (tertiary/aromatic N) is 1. The molecule has 3 rings (SSSR count). The molecule has 1 aromatic carbocycles. The molecule has 1 aromatic rings. The van der Waals surface area contributed by atoms with Gasteiger partial charge < -0.3 is 14.2 Å². The van der Waals surface area contributed by atoms with Crippen LogP contribution in [-0.4, -0.2) is 44.9 Å². The SMILES string of the molecule is COCCCOc1cc(CN(C)C2CC2)cc(OCC2=CC=CCC=C2)c1. The van der Waals surface area contributed by atoms with Crippen molar-refractivity contribution in [3.63, 3.8) is 0 Å². The zero-order valence-electron chi connectivity index (χ0n) is 16.5. The van der Waals surface area contributed by atoms with E-state index in [0.717, 1.165) is 36.9 Å². The number of methoxy groups -OCH3 is 1. The Hall–Kier alpha value is -2.04. The van der Waals surface area contributed by atoms with Gasteiger partial charge in [-0.15, -0.1) is 0 Å². The van der Waals surface area contributed by atoms with Crippen LogP contribution in [0.2, 0.25) is 0 Å². The second-order valence-corrected chi connectivity index (χ2v) is 7.25. The van der Waals surface area contributed by atoms with Crippen molar-refractivity contribution >= 4 is 0 Å². The largest absolute Gasteiger partial charge is 0.493 e. The van der Waals surface area contributed by atoms with E-state index in [1.165, 1.54) is 24.0 Å². The third-order valence-electron chi connectivity index (χ3n) is 4.76. The third kappa shape index (κ3) is 6.89. The zero-order valence-corrected chi connectivity index (χ0v) is 16.5. The monoisotopic (exact) mass is 369 g/mol. The van der Waals surface area contributed by atoms with Crippen LogP contribution in [0.15, 0.2) is 54.2 Å². The lowest BCUT2D eigenvalue weighted by molar-refractivity contribution is 0.172. The normalized spacial score (nSPS) is 16.3. The van der Waals surface area contributed by atoms with Crippen LogP contribution in [0.4, 0.5) is 0 Å². The highest BCUT2D eigenvalue weighted by atomic mass is 16.5. The standard InChI is InChI=1S/C23H31NO3/c1-24(21-10-11-21)17-20-14-22(26-13-7-12-25-2)16-23(15-20)27-18-19-8-5-3-4-6-9-19/h3,5-6,8-9,14-16,21H,4,7,10-13,17-18H2,1-2H3. The zero-order chi connectivity index (χ0) is 18.9. The van der Waals surface area contributed by atoms with Crippen LogP contribution in [-0.2, 0) is 11.3 Å². The molecule has 0 N–H and O–H groups in total. The molecule has 0 radical (unpaired) electrons.